The van der Waals surface area contributed by atoms with Crippen molar-refractivity contribution in [2.45, 2.75) is 58.7 Å². The lowest BCUT2D eigenvalue weighted by atomic mass is 10.1. The molecule has 0 spiro atoms. The average Bonchev–Trinajstić information content (AvgIpc) is 2.75. The number of rotatable bonds is 10. The summed E-state index contributed by atoms with van der Waals surface area (Å²) in [6.07, 6.45) is 0.876. The summed E-state index contributed by atoms with van der Waals surface area (Å²) in [6.45, 7) is 6.90. The van der Waals surface area contributed by atoms with Crippen molar-refractivity contribution in [3.8, 4) is 0 Å². The smallest absolute Gasteiger partial charge is 0.242 e. The molecule has 2 rings (SSSR count). The number of amides is 2. The Bertz CT molecular complexity index is 1250. The summed E-state index contributed by atoms with van der Waals surface area (Å²) >= 11 is 12.3. The Balaban J connectivity index is 2.24. The van der Waals surface area contributed by atoms with E-state index in [-0.39, 0.29) is 37.5 Å². The van der Waals surface area contributed by atoms with Crippen LogP contribution in [0.25, 0.3) is 0 Å². The van der Waals surface area contributed by atoms with E-state index in [9.17, 15) is 26.8 Å². The van der Waals surface area contributed by atoms with Gasteiger partial charge in [-0.3, -0.25) is 13.9 Å². The van der Waals surface area contributed by atoms with Crippen LogP contribution in [0.1, 0.15) is 46.1 Å². The van der Waals surface area contributed by atoms with E-state index in [0.29, 0.717) is 15.6 Å². The molecule has 2 aromatic rings. The second-order valence-corrected chi connectivity index (χ2v) is 12.5. The molecule has 204 valence electrons. The first-order valence-corrected chi connectivity index (χ1v) is 14.1. The molecule has 0 saturated carbocycles. The van der Waals surface area contributed by atoms with Crippen molar-refractivity contribution in [1.82, 2.24) is 10.2 Å². The van der Waals surface area contributed by atoms with Gasteiger partial charge in [-0.25, -0.2) is 17.2 Å². The van der Waals surface area contributed by atoms with Gasteiger partial charge in [-0.15, -0.1) is 0 Å². The highest BCUT2D eigenvalue weighted by atomic mass is 35.5. The van der Waals surface area contributed by atoms with Gasteiger partial charge in [0.25, 0.3) is 0 Å². The molecule has 0 aliphatic rings. The molecule has 1 N–H and O–H groups in total. The van der Waals surface area contributed by atoms with E-state index in [2.05, 4.69) is 5.32 Å². The Morgan fingerprint density at radius 3 is 2.24 bits per heavy atom. The number of carbonyl (C=O) groups is 2. The quantitative estimate of drug-likeness (QED) is 0.423. The van der Waals surface area contributed by atoms with Crippen LogP contribution in [-0.4, -0.2) is 49.5 Å². The number of anilines is 1. The van der Waals surface area contributed by atoms with E-state index in [1.165, 1.54) is 11.0 Å². The van der Waals surface area contributed by atoms with Crippen LogP contribution < -0.4 is 9.62 Å². The third-order valence-electron chi connectivity index (χ3n) is 5.36. The van der Waals surface area contributed by atoms with Gasteiger partial charge in [0.05, 0.1) is 11.9 Å². The lowest BCUT2D eigenvalue weighted by Crippen LogP contribution is -2.52. The molecule has 0 saturated heterocycles. The maximum absolute atomic E-state index is 13.7. The van der Waals surface area contributed by atoms with Crippen molar-refractivity contribution in [1.29, 1.82) is 0 Å². The lowest BCUT2D eigenvalue weighted by molar-refractivity contribution is -0.141. The predicted octanol–water partition coefficient (Wildman–Crippen LogP) is 5.15. The van der Waals surface area contributed by atoms with Crippen molar-refractivity contribution >= 4 is 50.7 Å². The van der Waals surface area contributed by atoms with Crippen molar-refractivity contribution in [3.05, 3.63) is 63.6 Å². The maximum Gasteiger partial charge on any atom is 0.242 e. The van der Waals surface area contributed by atoms with Gasteiger partial charge in [0.1, 0.15) is 6.04 Å². The second kappa shape index (κ2) is 12.4. The minimum absolute atomic E-state index is 0.0204. The van der Waals surface area contributed by atoms with Crippen molar-refractivity contribution in [2.75, 3.05) is 17.1 Å². The van der Waals surface area contributed by atoms with Gasteiger partial charge in [0.2, 0.25) is 21.8 Å². The Hall–Kier alpha value is -2.43. The van der Waals surface area contributed by atoms with E-state index < -0.39 is 39.1 Å². The summed E-state index contributed by atoms with van der Waals surface area (Å²) < 4.78 is 52.6. The van der Waals surface area contributed by atoms with Crippen LogP contribution in [-0.2, 0) is 26.2 Å². The number of carbonyl (C=O) groups excluding carboxylic acids is 2. The van der Waals surface area contributed by atoms with Crippen LogP contribution in [0.3, 0.4) is 0 Å². The molecule has 2 amide bonds. The average molecular weight is 579 g/mol. The van der Waals surface area contributed by atoms with Gasteiger partial charge in [-0.2, -0.15) is 0 Å². The summed E-state index contributed by atoms with van der Waals surface area (Å²) in [4.78, 5) is 27.5. The molecule has 0 fully saturated rings. The largest absolute Gasteiger partial charge is 0.350 e. The number of halogens is 4. The SMILES string of the molecule is CC(C(=O)NC(C)(C)C)N(Cc1ccc(Cl)cc1Cl)C(=O)CCCN(c1ccc(F)c(F)c1)S(C)(=O)=O. The first-order valence-electron chi connectivity index (χ1n) is 11.5. The van der Waals surface area contributed by atoms with Crippen LogP contribution in [0.5, 0.6) is 0 Å². The maximum atomic E-state index is 13.7. The number of nitrogens with zero attached hydrogens (tertiary/aromatic N) is 2. The molecule has 2 aromatic carbocycles. The van der Waals surface area contributed by atoms with Crippen LogP contribution in [0.15, 0.2) is 36.4 Å². The third kappa shape index (κ3) is 9.12. The van der Waals surface area contributed by atoms with Gasteiger partial charge in [0, 0.05) is 41.2 Å². The molecule has 0 aromatic heterocycles. The number of benzene rings is 2. The molecule has 0 aliphatic carbocycles. The Kier molecular flexibility index (Phi) is 10.3. The van der Waals surface area contributed by atoms with Gasteiger partial charge in [-0.1, -0.05) is 29.3 Å². The Labute approximate surface area is 226 Å². The lowest BCUT2D eigenvalue weighted by Gasteiger charge is -2.32. The first-order chi connectivity index (χ1) is 17.0. The number of hydrogen-bond donors (Lipinski definition) is 1. The van der Waals surface area contributed by atoms with Crippen LogP contribution in [0, 0.1) is 11.6 Å². The van der Waals surface area contributed by atoms with Gasteiger partial charge < -0.3 is 10.2 Å². The summed E-state index contributed by atoms with van der Waals surface area (Å²) in [5.41, 5.74) is -0.00997. The van der Waals surface area contributed by atoms with Gasteiger partial charge in [0.15, 0.2) is 11.6 Å². The Morgan fingerprint density at radius 2 is 1.70 bits per heavy atom. The van der Waals surface area contributed by atoms with Crippen molar-refractivity contribution in [2.24, 2.45) is 0 Å². The second-order valence-electron chi connectivity index (χ2n) is 9.71. The topological polar surface area (TPSA) is 86.8 Å². The van der Waals surface area contributed by atoms with E-state index >= 15 is 0 Å². The normalized spacial score (nSPS) is 12.7. The minimum Gasteiger partial charge on any atom is -0.350 e. The number of sulfonamides is 1. The van der Waals surface area contributed by atoms with Gasteiger partial charge in [-0.05, 0) is 63.9 Å². The van der Waals surface area contributed by atoms with Crippen LogP contribution in [0.4, 0.5) is 14.5 Å². The molecule has 37 heavy (non-hydrogen) atoms. The van der Waals surface area contributed by atoms with E-state index in [1.54, 1.807) is 19.1 Å². The zero-order valence-electron chi connectivity index (χ0n) is 21.3. The first kappa shape index (κ1) is 30.8. The fourth-order valence-corrected chi connectivity index (χ4v) is 4.96. The molecule has 0 bridgehead atoms. The highest BCUT2D eigenvalue weighted by Crippen LogP contribution is 2.25. The van der Waals surface area contributed by atoms with E-state index in [4.69, 9.17) is 23.2 Å². The summed E-state index contributed by atoms with van der Waals surface area (Å²) in [5.74, 6) is -3.08. The molecule has 0 aliphatic heterocycles. The molecule has 1 unspecified atom stereocenters. The van der Waals surface area contributed by atoms with E-state index in [1.807, 2.05) is 20.8 Å². The summed E-state index contributed by atoms with van der Waals surface area (Å²) in [6, 6.07) is 6.72. The molecule has 0 radical (unpaired) electrons. The fraction of sp³-hybridized carbons (Fsp3) is 0.440. The zero-order chi connectivity index (χ0) is 28.1. The standard InChI is InChI=1S/C25H31Cl2F2N3O4S/c1-16(24(34)30-25(2,3)4)31(15-17-8-9-18(26)13-20(17)27)23(33)7-6-12-32(37(5,35)36)19-10-11-21(28)22(29)14-19/h8-11,13-14,16H,6-7,12,15H2,1-5H3,(H,30,34). The van der Waals surface area contributed by atoms with Crippen LogP contribution >= 0.6 is 23.2 Å². The van der Waals surface area contributed by atoms with Crippen LogP contribution in [0.2, 0.25) is 10.0 Å². The summed E-state index contributed by atoms with van der Waals surface area (Å²) in [7, 11) is -3.85. The van der Waals surface area contributed by atoms with Gasteiger partial charge >= 0.3 is 0 Å². The number of nitrogens with one attached hydrogen (secondary N) is 1. The monoisotopic (exact) mass is 577 g/mol. The van der Waals surface area contributed by atoms with Crippen molar-refractivity contribution in [3.63, 3.8) is 0 Å². The summed E-state index contributed by atoms with van der Waals surface area (Å²) in [5, 5.41) is 3.60. The minimum atomic E-state index is -3.85. The highest BCUT2D eigenvalue weighted by molar-refractivity contribution is 7.92. The molecule has 12 heteroatoms. The zero-order valence-corrected chi connectivity index (χ0v) is 23.6. The molecular formula is C25H31Cl2F2N3O4S. The van der Waals surface area contributed by atoms with E-state index in [0.717, 1.165) is 28.8 Å². The molecule has 7 nitrogen and oxygen atoms in total. The third-order valence-corrected chi connectivity index (χ3v) is 7.15. The molecule has 0 heterocycles. The Morgan fingerprint density at radius 1 is 1.05 bits per heavy atom. The molecular weight excluding hydrogens is 547 g/mol. The fourth-order valence-electron chi connectivity index (χ4n) is 3.53. The molecule has 1 atom stereocenters. The number of hydrogen-bond acceptors (Lipinski definition) is 4. The highest BCUT2D eigenvalue weighted by Gasteiger charge is 2.29. The van der Waals surface area contributed by atoms with Crippen molar-refractivity contribution < 1.29 is 26.8 Å². The predicted molar refractivity (Wildman–Crippen MR) is 142 cm³/mol.